The summed E-state index contributed by atoms with van der Waals surface area (Å²) in [4.78, 5) is 11.0. The molecule has 0 radical (unpaired) electrons. The number of oxime groups is 1. The van der Waals surface area contributed by atoms with Crippen molar-refractivity contribution in [2.24, 2.45) is 5.16 Å². The fourth-order valence-corrected chi connectivity index (χ4v) is 0.877. The summed E-state index contributed by atoms with van der Waals surface area (Å²) in [6.07, 6.45) is 3.94. The number of hydrogen-bond acceptors (Lipinski definition) is 3. The third-order valence-electron chi connectivity index (χ3n) is 1.49. The molecule has 0 aromatic heterocycles. The van der Waals surface area contributed by atoms with Gasteiger partial charge < -0.3 is 10.5 Å². The number of hydrogen-bond donors (Lipinski definition) is 2. The molecule has 14 heavy (non-hydrogen) atoms. The molecule has 4 heteroatoms. The highest BCUT2D eigenvalue weighted by molar-refractivity contribution is 5.98. The number of carbonyl (C=O) groups excluding carboxylic acids is 1. The minimum atomic E-state index is -0.341. The second-order valence-electron chi connectivity index (χ2n) is 2.50. The van der Waals surface area contributed by atoms with Crippen LogP contribution < -0.4 is 5.32 Å². The lowest BCUT2D eigenvalue weighted by Crippen LogP contribution is -2.18. The van der Waals surface area contributed by atoms with Crippen LogP contribution in [0.25, 0.3) is 6.08 Å². The van der Waals surface area contributed by atoms with E-state index in [4.69, 9.17) is 5.21 Å². The molecule has 0 unspecified atom stereocenters. The van der Waals surface area contributed by atoms with E-state index < -0.39 is 0 Å². The van der Waals surface area contributed by atoms with Crippen LogP contribution in [0.15, 0.2) is 41.6 Å². The van der Waals surface area contributed by atoms with Crippen LogP contribution in [0.2, 0.25) is 0 Å². The van der Waals surface area contributed by atoms with Gasteiger partial charge in [0.05, 0.1) is 0 Å². The van der Waals surface area contributed by atoms with Gasteiger partial charge in [0.2, 0.25) is 5.91 Å². The summed E-state index contributed by atoms with van der Waals surface area (Å²) in [5, 5.41) is 12.9. The van der Waals surface area contributed by atoms with E-state index >= 15 is 0 Å². The molecule has 0 atom stereocenters. The first kappa shape index (κ1) is 9.98. The van der Waals surface area contributed by atoms with E-state index in [9.17, 15) is 4.79 Å². The molecule has 0 aliphatic carbocycles. The highest BCUT2D eigenvalue weighted by atomic mass is 16.4. The first-order valence-electron chi connectivity index (χ1n) is 4.02. The Labute approximate surface area is 81.6 Å². The molecule has 4 nitrogen and oxygen atoms in total. The Morgan fingerprint density at radius 1 is 1.36 bits per heavy atom. The van der Waals surface area contributed by atoms with Gasteiger partial charge in [0, 0.05) is 6.08 Å². The van der Waals surface area contributed by atoms with Gasteiger partial charge in [-0.1, -0.05) is 35.5 Å². The zero-order valence-corrected chi connectivity index (χ0v) is 7.42. The van der Waals surface area contributed by atoms with Gasteiger partial charge in [-0.2, -0.15) is 0 Å². The van der Waals surface area contributed by atoms with Crippen LogP contribution in [0.1, 0.15) is 5.56 Å². The average Bonchev–Trinajstić information content (AvgIpc) is 2.25. The number of rotatable bonds is 3. The second kappa shape index (κ2) is 5.53. The van der Waals surface area contributed by atoms with Crippen LogP contribution in [0.5, 0.6) is 0 Å². The molecule has 0 bridgehead atoms. The van der Waals surface area contributed by atoms with Crippen molar-refractivity contribution in [3.63, 3.8) is 0 Å². The van der Waals surface area contributed by atoms with E-state index in [0.29, 0.717) is 0 Å². The molecule has 0 saturated carbocycles. The molecule has 0 aliphatic rings. The predicted octanol–water partition coefficient (Wildman–Crippen LogP) is 1.23. The molecular formula is C10H10N2O2. The van der Waals surface area contributed by atoms with Crippen molar-refractivity contribution in [2.75, 3.05) is 0 Å². The predicted molar refractivity (Wildman–Crippen MR) is 53.9 cm³/mol. The highest BCUT2D eigenvalue weighted by Gasteiger charge is 1.90. The summed E-state index contributed by atoms with van der Waals surface area (Å²) >= 11 is 0. The Hall–Kier alpha value is -2.10. The van der Waals surface area contributed by atoms with Gasteiger partial charge in [-0.05, 0) is 11.6 Å². The van der Waals surface area contributed by atoms with Crippen molar-refractivity contribution in [1.82, 2.24) is 5.32 Å². The van der Waals surface area contributed by atoms with Gasteiger partial charge in [-0.3, -0.25) is 4.79 Å². The molecule has 2 N–H and O–H groups in total. The molecular weight excluding hydrogens is 180 g/mol. The number of nitrogens with one attached hydrogen (secondary N) is 1. The summed E-state index contributed by atoms with van der Waals surface area (Å²) in [6, 6.07) is 9.42. The van der Waals surface area contributed by atoms with Crippen molar-refractivity contribution < 1.29 is 10.0 Å². The molecule has 1 amide bonds. The molecule has 0 fully saturated rings. The van der Waals surface area contributed by atoms with Gasteiger partial charge in [0.25, 0.3) is 0 Å². The van der Waals surface area contributed by atoms with Crippen LogP contribution in [0, 0.1) is 0 Å². The molecule has 1 rings (SSSR count). The Balaban J connectivity index is 2.52. The van der Waals surface area contributed by atoms with Gasteiger partial charge >= 0.3 is 0 Å². The topological polar surface area (TPSA) is 61.7 Å². The minimum absolute atomic E-state index is 0.341. The van der Waals surface area contributed by atoms with E-state index in [2.05, 4.69) is 10.5 Å². The third-order valence-corrected chi connectivity index (χ3v) is 1.49. The number of carbonyl (C=O) groups is 1. The largest absolute Gasteiger partial charge is 0.410 e. The summed E-state index contributed by atoms with van der Waals surface area (Å²) in [5.41, 5.74) is 0.934. The summed E-state index contributed by atoms with van der Waals surface area (Å²) in [6.45, 7) is 0. The smallest absolute Gasteiger partial charge is 0.249 e. The van der Waals surface area contributed by atoms with Crippen molar-refractivity contribution in [3.05, 3.63) is 42.0 Å². The average molecular weight is 190 g/mol. The highest BCUT2D eigenvalue weighted by Crippen LogP contribution is 1.99. The van der Waals surface area contributed by atoms with Gasteiger partial charge in [0.1, 0.15) is 6.34 Å². The monoisotopic (exact) mass is 190 g/mol. The van der Waals surface area contributed by atoms with Gasteiger partial charge in [0.15, 0.2) is 0 Å². The third kappa shape index (κ3) is 3.53. The zero-order chi connectivity index (χ0) is 10.2. The van der Waals surface area contributed by atoms with Gasteiger partial charge in [-0.15, -0.1) is 0 Å². The molecule has 0 saturated heterocycles. The standard InChI is InChI=1S/C10H10N2O2/c13-10(11-8-12-14)7-6-9-4-2-1-3-5-9/h1-8,14H,(H,11,12,13). The van der Waals surface area contributed by atoms with Gasteiger partial charge in [-0.25, -0.2) is 0 Å². The fraction of sp³-hybridized carbons (Fsp3) is 0. The van der Waals surface area contributed by atoms with Crippen LogP contribution >= 0.6 is 0 Å². The normalized spacial score (nSPS) is 10.9. The molecule has 1 aromatic carbocycles. The maximum absolute atomic E-state index is 11.0. The zero-order valence-electron chi connectivity index (χ0n) is 7.42. The van der Waals surface area contributed by atoms with Crippen molar-refractivity contribution in [3.8, 4) is 0 Å². The Bertz CT molecular complexity index is 344. The van der Waals surface area contributed by atoms with Crippen LogP contribution in [-0.2, 0) is 4.79 Å². The summed E-state index contributed by atoms with van der Waals surface area (Å²) < 4.78 is 0. The lowest BCUT2D eigenvalue weighted by Gasteiger charge is -1.91. The SMILES string of the molecule is O=C(C=Cc1ccccc1)NC=NO. The van der Waals surface area contributed by atoms with E-state index in [0.717, 1.165) is 11.9 Å². The number of amides is 1. The minimum Gasteiger partial charge on any atom is -0.410 e. The van der Waals surface area contributed by atoms with E-state index in [1.165, 1.54) is 6.08 Å². The summed E-state index contributed by atoms with van der Waals surface area (Å²) in [5.74, 6) is -0.341. The van der Waals surface area contributed by atoms with E-state index in [1.54, 1.807) is 6.08 Å². The Morgan fingerprint density at radius 3 is 2.71 bits per heavy atom. The maximum Gasteiger partial charge on any atom is 0.249 e. The molecule has 1 aromatic rings. The molecule has 0 heterocycles. The lowest BCUT2D eigenvalue weighted by molar-refractivity contribution is -0.115. The number of benzene rings is 1. The Kier molecular flexibility index (Phi) is 3.94. The van der Waals surface area contributed by atoms with Crippen molar-refractivity contribution in [1.29, 1.82) is 0 Å². The fourth-order valence-electron chi connectivity index (χ4n) is 0.877. The first-order chi connectivity index (χ1) is 6.83. The van der Waals surface area contributed by atoms with Crippen LogP contribution in [0.4, 0.5) is 0 Å². The van der Waals surface area contributed by atoms with Crippen molar-refractivity contribution >= 4 is 18.3 Å². The van der Waals surface area contributed by atoms with E-state index in [1.807, 2.05) is 30.3 Å². The molecule has 72 valence electrons. The lowest BCUT2D eigenvalue weighted by atomic mass is 10.2. The molecule has 0 spiro atoms. The van der Waals surface area contributed by atoms with Crippen LogP contribution in [0.3, 0.4) is 0 Å². The van der Waals surface area contributed by atoms with Crippen LogP contribution in [-0.4, -0.2) is 17.5 Å². The second-order valence-corrected chi connectivity index (χ2v) is 2.50. The Morgan fingerprint density at radius 2 is 2.07 bits per heavy atom. The first-order valence-corrected chi connectivity index (χ1v) is 4.02. The molecule has 0 aliphatic heterocycles. The van der Waals surface area contributed by atoms with Crippen molar-refractivity contribution in [2.45, 2.75) is 0 Å². The quantitative estimate of drug-likeness (QED) is 0.247. The summed E-state index contributed by atoms with van der Waals surface area (Å²) in [7, 11) is 0. The van der Waals surface area contributed by atoms with E-state index in [-0.39, 0.29) is 5.91 Å². The maximum atomic E-state index is 11.0. The number of nitrogens with zero attached hydrogens (tertiary/aromatic N) is 1.